The summed E-state index contributed by atoms with van der Waals surface area (Å²) >= 11 is 0. The SMILES string of the molecule is CC1=C[N]NN(C)C1. The molecule has 0 aromatic carbocycles. The fraction of sp³-hybridized carbons (Fsp3) is 0.600. The zero-order chi connectivity index (χ0) is 5.98. The van der Waals surface area contributed by atoms with Crippen LogP contribution >= 0.6 is 0 Å². The molecule has 1 N–H and O–H groups in total. The van der Waals surface area contributed by atoms with Crippen LogP contribution in [0, 0.1) is 0 Å². The van der Waals surface area contributed by atoms with Crippen molar-refractivity contribution in [2.45, 2.75) is 6.92 Å². The molecule has 1 aliphatic heterocycles. The van der Waals surface area contributed by atoms with Crippen LogP contribution in [0.3, 0.4) is 0 Å². The number of nitrogens with zero attached hydrogens (tertiary/aromatic N) is 2. The molecular formula is C5H10N3. The van der Waals surface area contributed by atoms with Gasteiger partial charge in [0.05, 0.1) is 0 Å². The Bertz CT molecular complexity index is 108. The van der Waals surface area contributed by atoms with Crippen LogP contribution in [0.25, 0.3) is 0 Å². The molecule has 0 saturated carbocycles. The first-order valence-corrected chi connectivity index (χ1v) is 2.61. The number of rotatable bonds is 0. The molecule has 0 unspecified atom stereocenters. The Balaban J connectivity index is 2.45. The first-order chi connectivity index (χ1) is 3.79. The number of hydrazine groups is 1. The Morgan fingerprint density at radius 1 is 1.88 bits per heavy atom. The van der Waals surface area contributed by atoms with Crippen LogP contribution in [0.5, 0.6) is 0 Å². The van der Waals surface area contributed by atoms with Crippen molar-refractivity contribution in [2.75, 3.05) is 13.6 Å². The lowest BCUT2D eigenvalue weighted by atomic mass is 10.3. The van der Waals surface area contributed by atoms with Gasteiger partial charge in [-0.05, 0) is 12.5 Å². The van der Waals surface area contributed by atoms with Crippen LogP contribution in [0.15, 0.2) is 11.8 Å². The number of hydrogen-bond acceptors (Lipinski definition) is 2. The molecule has 0 saturated heterocycles. The Kier molecular flexibility index (Phi) is 1.50. The van der Waals surface area contributed by atoms with Crippen LogP contribution in [-0.2, 0) is 0 Å². The quantitative estimate of drug-likeness (QED) is 0.472. The topological polar surface area (TPSA) is 29.4 Å². The highest BCUT2D eigenvalue weighted by molar-refractivity contribution is 4.99. The van der Waals surface area contributed by atoms with E-state index in [0.717, 1.165) is 6.54 Å². The minimum atomic E-state index is 0.962. The summed E-state index contributed by atoms with van der Waals surface area (Å²) in [6.45, 7) is 3.02. The van der Waals surface area contributed by atoms with E-state index in [1.54, 1.807) is 0 Å². The van der Waals surface area contributed by atoms with Gasteiger partial charge in [-0.1, -0.05) is 0 Å². The highest BCUT2D eigenvalue weighted by Crippen LogP contribution is 1.94. The van der Waals surface area contributed by atoms with Crippen LogP contribution in [0.2, 0.25) is 0 Å². The van der Waals surface area contributed by atoms with Gasteiger partial charge in [-0.2, -0.15) is 5.43 Å². The normalized spacial score (nSPS) is 22.0. The predicted molar refractivity (Wildman–Crippen MR) is 31.7 cm³/mol. The lowest BCUT2D eigenvalue weighted by Crippen LogP contribution is -2.42. The standard InChI is InChI=1S/C5H10N3/c1-5-3-6-7-8(2)4-5/h3,7H,4H2,1-2H3. The lowest BCUT2D eigenvalue weighted by Gasteiger charge is -2.20. The van der Waals surface area contributed by atoms with Gasteiger partial charge in [0.2, 0.25) is 0 Å². The number of hydrogen-bond donors (Lipinski definition) is 1. The van der Waals surface area contributed by atoms with Gasteiger partial charge in [0, 0.05) is 19.8 Å². The summed E-state index contributed by atoms with van der Waals surface area (Å²) in [5.74, 6) is 0. The largest absolute Gasteiger partial charge is 0.224 e. The van der Waals surface area contributed by atoms with E-state index < -0.39 is 0 Å². The van der Waals surface area contributed by atoms with E-state index in [-0.39, 0.29) is 0 Å². The van der Waals surface area contributed by atoms with E-state index in [0.29, 0.717) is 0 Å². The second-order valence-corrected chi connectivity index (χ2v) is 2.06. The fourth-order valence-corrected chi connectivity index (χ4v) is 0.688. The molecule has 1 radical (unpaired) electrons. The van der Waals surface area contributed by atoms with Crippen molar-refractivity contribution in [3.63, 3.8) is 0 Å². The molecule has 0 bridgehead atoms. The highest BCUT2D eigenvalue weighted by atomic mass is 15.7. The molecule has 0 fully saturated rings. The average Bonchev–Trinajstić information content (AvgIpc) is 1.64. The van der Waals surface area contributed by atoms with Crippen molar-refractivity contribution < 1.29 is 0 Å². The molecule has 0 aromatic heterocycles. The molecule has 8 heavy (non-hydrogen) atoms. The van der Waals surface area contributed by atoms with E-state index in [1.807, 2.05) is 18.3 Å². The molecule has 0 aromatic rings. The number of likely N-dealkylation sites (N-methyl/N-ethyl adjacent to an activating group) is 1. The first kappa shape index (κ1) is 5.59. The lowest BCUT2D eigenvalue weighted by molar-refractivity contribution is 0.208. The summed E-state index contributed by atoms with van der Waals surface area (Å²) in [5.41, 5.74) is 7.93. The Labute approximate surface area is 49.3 Å². The number of nitrogens with one attached hydrogen (secondary N) is 1. The van der Waals surface area contributed by atoms with Gasteiger partial charge in [0.25, 0.3) is 0 Å². The maximum Gasteiger partial charge on any atom is 0.0430 e. The molecule has 3 nitrogen and oxygen atoms in total. The van der Waals surface area contributed by atoms with Gasteiger partial charge >= 0.3 is 0 Å². The summed E-state index contributed by atoms with van der Waals surface area (Å²) in [5, 5.41) is 1.93. The van der Waals surface area contributed by atoms with Crippen molar-refractivity contribution in [1.82, 2.24) is 16.0 Å². The zero-order valence-electron chi connectivity index (χ0n) is 5.18. The van der Waals surface area contributed by atoms with Gasteiger partial charge in [-0.25, -0.2) is 5.01 Å². The average molecular weight is 112 g/mol. The molecule has 45 valence electrons. The van der Waals surface area contributed by atoms with Crippen LogP contribution in [-0.4, -0.2) is 18.6 Å². The van der Waals surface area contributed by atoms with E-state index in [1.165, 1.54) is 5.57 Å². The summed E-state index contributed by atoms with van der Waals surface area (Å²) in [6, 6.07) is 0. The predicted octanol–water partition coefficient (Wildman–Crippen LogP) is -0.140. The maximum atomic E-state index is 3.85. The molecule has 0 aliphatic carbocycles. The monoisotopic (exact) mass is 112 g/mol. The minimum Gasteiger partial charge on any atom is -0.224 e. The molecule has 1 aliphatic rings. The van der Waals surface area contributed by atoms with Crippen molar-refractivity contribution in [2.24, 2.45) is 0 Å². The van der Waals surface area contributed by atoms with Gasteiger partial charge in [-0.3, -0.25) is 0 Å². The summed E-state index contributed by atoms with van der Waals surface area (Å²) in [6.07, 6.45) is 1.83. The summed E-state index contributed by atoms with van der Waals surface area (Å²) in [4.78, 5) is 0. The smallest absolute Gasteiger partial charge is 0.0430 e. The second kappa shape index (κ2) is 2.15. The molecule has 0 amide bonds. The zero-order valence-corrected chi connectivity index (χ0v) is 5.18. The molecule has 3 heteroatoms. The third-order valence-electron chi connectivity index (χ3n) is 1.000. The van der Waals surface area contributed by atoms with Crippen molar-refractivity contribution in [3.8, 4) is 0 Å². The van der Waals surface area contributed by atoms with Crippen molar-refractivity contribution in [1.29, 1.82) is 0 Å². The van der Waals surface area contributed by atoms with Crippen LogP contribution < -0.4 is 11.0 Å². The highest BCUT2D eigenvalue weighted by Gasteiger charge is 2.01. The van der Waals surface area contributed by atoms with E-state index in [2.05, 4.69) is 17.9 Å². The van der Waals surface area contributed by atoms with E-state index >= 15 is 0 Å². The third-order valence-corrected chi connectivity index (χ3v) is 1.000. The van der Waals surface area contributed by atoms with Gasteiger partial charge < -0.3 is 0 Å². The molecular weight excluding hydrogens is 102 g/mol. The van der Waals surface area contributed by atoms with Crippen molar-refractivity contribution in [3.05, 3.63) is 11.8 Å². The Hall–Kier alpha value is -0.540. The molecule has 0 atom stereocenters. The molecule has 1 heterocycles. The van der Waals surface area contributed by atoms with Gasteiger partial charge in [-0.15, -0.1) is 5.53 Å². The molecule has 0 spiro atoms. The van der Waals surface area contributed by atoms with Crippen LogP contribution in [0.1, 0.15) is 6.92 Å². The Morgan fingerprint density at radius 3 is 3.00 bits per heavy atom. The minimum absolute atomic E-state index is 0.962. The maximum absolute atomic E-state index is 3.85. The fourth-order valence-electron chi connectivity index (χ4n) is 0.688. The summed E-state index contributed by atoms with van der Waals surface area (Å²) < 4.78 is 0. The van der Waals surface area contributed by atoms with Gasteiger partial charge in [0.15, 0.2) is 0 Å². The third kappa shape index (κ3) is 1.21. The molecule has 1 rings (SSSR count). The van der Waals surface area contributed by atoms with Crippen molar-refractivity contribution >= 4 is 0 Å². The summed E-state index contributed by atoms with van der Waals surface area (Å²) in [7, 11) is 1.96. The Morgan fingerprint density at radius 2 is 2.62 bits per heavy atom. The van der Waals surface area contributed by atoms with Crippen LogP contribution in [0.4, 0.5) is 0 Å². The van der Waals surface area contributed by atoms with E-state index in [9.17, 15) is 0 Å². The first-order valence-electron chi connectivity index (χ1n) is 2.61. The van der Waals surface area contributed by atoms with Gasteiger partial charge in [0.1, 0.15) is 0 Å². The van der Waals surface area contributed by atoms with E-state index in [4.69, 9.17) is 0 Å². The second-order valence-electron chi connectivity index (χ2n) is 2.06.